The predicted octanol–water partition coefficient (Wildman–Crippen LogP) is 4.19. The summed E-state index contributed by atoms with van der Waals surface area (Å²) < 4.78 is 0. The lowest BCUT2D eigenvalue weighted by Gasteiger charge is -2.38. The van der Waals surface area contributed by atoms with Crippen molar-refractivity contribution < 1.29 is 0 Å². The van der Waals surface area contributed by atoms with E-state index in [9.17, 15) is 0 Å². The van der Waals surface area contributed by atoms with E-state index in [4.69, 9.17) is 15.7 Å². The van der Waals surface area contributed by atoms with E-state index in [1.807, 2.05) is 0 Å². The van der Waals surface area contributed by atoms with Gasteiger partial charge in [-0.25, -0.2) is 9.97 Å². The Balaban J connectivity index is 1.17. The zero-order valence-electron chi connectivity index (χ0n) is 23.8. The molecule has 0 aromatic carbocycles. The van der Waals surface area contributed by atoms with E-state index in [-0.39, 0.29) is 0 Å². The number of nitrogens with zero attached hydrogens (tertiary/aromatic N) is 5. The maximum absolute atomic E-state index is 6.11. The van der Waals surface area contributed by atoms with E-state index in [1.54, 1.807) is 6.33 Å². The van der Waals surface area contributed by atoms with E-state index < -0.39 is 0 Å². The second-order valence-electron chi connectivity index (χ2n) is 11.9. The number of H-pyrrole nitrogens is 1. The minimum atomic E-state index is 0.342. The molecule has 2 aromatic rings. The smallest absolute Gasteiger partial charge is 0.225 e. The number of aromatic amines is 1. The molecule has 1 aliphatic heterocycles. The van der Waals surface area contributed by atoms with E-state index in [0.717, 1.165) is 74.4 Å². The number of aromatic nitrogens is 4. The molecule has 9 nitrogen and oxygen atoms in total. The lowest BCUT2D eigenvalue weighted by molar-refractivity contribution is 0.106. The summed E-state index contributed by atoms with van der Waals surface area (Å²) in [7, 11) is 0. The highest BCUT2D eigenvalue weighted by Gasteiger charge is 2.33. The third-order valence-corrected chi connectivity index (χ3v) is 9.34. The quantitative estimate of drug-likeness (QED) is 0.305. The molecule has 212 valence electrons. The Morgan fingerprint density at radius 1 is 1.00 bits per heavy atom. The second kappa shape index (κ2) is 13.5. The van der Waals surface area contributed by atoms with Crippen LogP contribution in [0.1, 0.15) is 103 Å². The van der Waals surface area contributed by atoms with Crippen molar-refractivity contribution in [3.63, 3.8) is 0 Å². The number of anilines is 1. The van der Waals surface area contributed by atoms with Gasteiger partial charge in [-0.15, -0.1) is 0 Å². The van der Waals surface area contributed by atoms with Crippen molar-refractivity contribution in [3.05, 3.63) is 12.0 Å². The zero-order valence-corrected chi connectivity index (χ0v) is 23.8. The molecule has 1 saturated heterocycles. The van der Waals surface area contributed by atoms with Crippen LogP contribution in [0.4, 0.5) is 5.95 Å². The van der Waals surface area contributed by atoms with Crippen molar-refractivity contribution in [1.29, 1.82) is 0 Å². The molecule has 0 radical (unpaired) electrons. The Hall–Kier alpha value is -1.81. The van der Waals surface area contributed by atoms with E-state index in [1.165, 1.54) is 58.2 Å². The van der Waals surface area contributed by atoms with Gasteiger partial charge in [-0.3, -0.25) is 10.2 Å². The molecule has 3 unspecified atom stereocenters. The Bertz CT molecular complexity index is 982. The number of piperidine rings is 1. The van der Waals surface area contributed by atoms with Gasteiger partial charge in [-0.05, 0) is 110 Å². The Morgan fingerprint density at radius 2 is 1.82 bits per heavy atom. The maximum Gasteiger partial charge on any atom is 0.225 e. The molecule has 3 heterocycles. The fourth-order valence-electron chi connectivity index (χ4n) is 6.95. The third-order valence-electron chi connectivity index (χ3n) is 9.34. The molecule has 3 aliphatic rings. The minimum Gasteiger partial charge on any atom is -0.351 e. The number of nitrogens with one attached hydrogen (secondary N) is 3. The van der Waals surface area contributed by atoms with Gasteiger partial charge in [0.05, 0.1) is 18.2 Å². The van der Waals surface area contributed by atoms with Crippen LogP contribution in [-0.2, 0) is 0 Å². The number of nitrogens with two attached hydrogens (primary N) is 1. The molecule has 0 bridgehead atoms. The van der Waals surface area contributed by atoms with Crippen molar-refractivity contribution in [3.8, 4) is 0 Å². The number of hydrogen-bond acceptors (Lipinski definition) is 8. The molecule has 5 N–H and O–H groups in total. The van der Waals surface area contributed by atoms with Gasteiger partial charge in [0.15, 0.2) is 5.65 Å². The largest absolute Gasteiger partial charge is 0.351 e. The Morgan fingerprint density at radius 3 is 2.63 bits per heavy atom. The first-order valence-corrected chi connectivity index (χ1v) is 15.6. The first-order chi connectivity index (χ1) is 18.6. The number of rotatable bonds is 12. The van der Waals surface area contributed by atoms with Crippen molar-refractivity contribution >= 4 is 17.1 Å². The third kappa shape index (κ3) is 7.03. The average Bonchev–Trinajstić information content (AvgIpc) is 3.60. The molecule has 3 fully saturated rings. The second-order valence-corrected chi connectivity index (χ2v) is 11.9. The molecule has 0 spiro atoms. The van der Waals surface area contributed by atoms with E-state index >= 15 is 0 Å². The SMILES string of the molecule is CCN(CC)CCCCN1CCCCC1NC1CCC(c2nc(N[C@H]3CC[C@H](N)CC3)nc3nc[nH]c23)C1. The summed E-state index contributed by atoms with van der Waals surface area (Å²) in [4.78, 5) is 22.9. The minimum absolute atomic E-state index is 0.342. The molecular weight excluding hydrogens is 474 g/mol. The summed E-state index contributed by atoms with van der Waals surface area (Å²) in [6.45, 7) is 10.6. The summed E-state index contributed by atoms with van der Waals surface area (Å²) in [5.41, 5.74) is 9.05. The number of unbranched alkanes of at least 4 members (excludes halogenated alkanes) is 1. The van der Waals surface area contributed by atoms with Gasteiger partial charge in [-0.1, -0.05) is 13.8 Å². The van der Waals surface area contributed by atoms with Crippen LogP contribution < -0.4 is 16.4 Å². The van der Waals surface area contributed by atoms with Gasteiger partial charge in [0, 0.05) is 24.0 Å². The first kappa shape index (κ1) is 27.7. The van der Waals surface area contributed by atoms with Crippen molar-refractivity contribution in [2.24, 2.45) is 5.73 Å². The molecular formula is C29H51N9. The monoisotopic (exact) mass is 525 g/mol. The molecule has 2 saturated carbocycles. The van der Waals surface area contributed by atoms with E-state index in [0.29, 0.717) is 30.2 Å². The van der Waals surface area contributed by atoms with E-state index in [2.05, 4.69) is 44.2 Å². The number of fused-ring (bicyclic) bond motifs is 1. The average molecular weight is 526 g/mol. The standard InChI is InChI=1S/C29H51N9/c1-3-37(4-2)16-7-8-18-38-17-6-5-9-25(38)33-24-13-10-21(19-24)26-27-28(32-20-31-27)36-29(35-26)34-23-14-11-22(30)12-15-23/h20-25,33H,3-19,30H2,1-2H3,(H2,31,32,34,35,36)/t21?,22-,23-,24?,25?. The van der Waals surface area contributed by atoms with Gasteiger partial charge in [-0.2, -0.15) is 4.98 Å². The number of likely N-dealkylation sites (tertiary alicyclic amines) is 1. The van der Waals surface area contributed by atoms with Gasteiger partial charge in [0.1, 0.15) is 5.52 Å². The number of imidazole rings is 1. The van der Waals surface area contributed by atoms with Crippen LogP contribution in [0.2, 0.25) is 0 Å². The summed E-state index contributed by atoms with van der Waals surface area (Å²) in [6.07, 6.45) is 16.6. The lowest BCUT2D eigenvalue weighted by Crippen LogP contribution is -2.51. The van der Waals surface area contributed by atoms with Gasteiger partial charge >= 0.3 is 0 Å². The van der Waals surface area contributed by atoms with Gasteiger partial charge in [0.25, 0.3) is 0 Å². The molecule has 2 aromatic heterocycles. The Kier molecular flexibility index (Phi) is 9.86. The van der Waals surface area contributed by atoms with Gasteiger partial charge < -0.3 is 20.9 Å². The molecule has 38 heavy (non-hydrogen) atoms. The van der Waals surface area contributed by atoms with Crippen LogP contribution in [0, 0.1) is 0 Å². The highest BCUT2D eigenvalue weighted by Crippen LogP contribution is 2.37. The summed E-state index contributed by atoms with van der Waals surface area (Å²) in [6, 6.07) is 1.29. The fourth-order valence-corrected chi connectivity index (χ4v) is 6.95. The molecule has 2 aliphatic carbocycles. The highest BCUT2D eigenvalue weighted by molar-refractivity contribution is 5.74. The maximum atomic E-state index is 6.11. The van der Waals surface area contributed by atoms with Crippen LogP contribution in [-0.4, -0.2) is 86.8 Å². The van der Waals surface area contributed by atoms with Crippen molar-refractivity contribution in [2.75, 3.05) is 38.0 Å². The summed E-state index contributed by atoms with van der Waals surface area (Å²) >= 11 is 0. The fraction of sp³-hybridized carbons (Fsp3) is 0.828. The molecule has 5 rings (SSSR count). The van der Waals surface area contributed by atoms with Crippen molar-refractivity contribution in [1.82, 2.24) is 35.1 Å². The molecule has 9 heteroatoms. The van der Waals surface area contributed by atoms with Crippen LogP contribution in [0.3, 0.4) is 0 Å². The number of hydrogen-bond donors (Lipinski definition) is 4. The zero-order chi connectivity index (χ0) is 26.3. The van der Waals surface area contributed by atoms with Crippen LogP contribution in [0.15, 0.2) is 6.33 Å². The molecule has 3 atom stereocenters. The lowest BCUT2D eigenvalue weighted by atomic mass is 9.92. The summed E-state index contributed by atoms with van der Waals surface area (Å²) in [5.74, 6) is 1.17. The van der Waals surface area contributed by atoms with Crippen molar-refractivity contribution in [2.45, 2.75) is 121 Å². The highest BCUT2D eigenvalue weighted by atomic mass is 15.3. The van der Waals surface area contributed by atoms with Crippen LogP contribution in [0.5, 0.6) is 0 Å². The first-order valence-electron chi connectivity index (χ1n) is 15.6. The molecule has 0 amide bonds. The summed E-state index contributed by atoms with van der Waals surface area (Å²) in [5, 5.41) is 7.70. The van der Waals surface area contributed by atoms with Crippen LogP contribution in [0.25, 0.3) is 11.2 Å². The normalized spacial score (nSPS) is 28.9. The van der Waals surface area contributed by atoms with Gasteiger partial charge in [0.2, 0.25) is 5.95 Å². The Labute approximate surface area is 229 Å². The predicted molar refractivity (Wildman–Crippen MR) is 155 cm³/mol. The topological polar surface area (TPSA) is 111 Å². The van der Waals surface area contributed by atoms with Crippen LogP contribution >= 0.6 is 0 Å².